The molecule has 0 amide bonds. The maximum Gasteiger partial charge on any atom is 0.242 e. The van der Waals surface area contributed by atoms with E-state index in [9.17, 15) is 8.42 Å². The van der Waals surface area contributed by atoms with E-state index in [1.807, 2.05) is 0 Å². The van der Waals surface area contributed by atoms with Gasteiger partial charge in [0.05, 0.1) is 0 Å². The summed E-state index contributed by atoms with van der Waals surface area (Å²) >= 11 is 3.21. The van der Waals surface area contributed by atoms with Crippen LogP contribution in [-0.2, 0) is 10.0 Å². The Balaban J connectivity index is 0.00000162. The molecule has 1 fully saturated rings. The molecule has 1 saturated heterocycles. The summed E-state index contributed by atoms with van der Waals surface area (Å²) in [5, 5.41) is 3.17. The molecule has 1 unspecified atom stereocenters. The zero-order valence-electron chi connectivity index (χ0n) is 9.60. The van der Waals surface area contributed by atoms with Crippen molar-refractivity contribution in [3.8, 4) is 0 Å². The summed E-state index contributed by atoms with van der Waals surface area (Å²) in [7, 11) is -3.46. The monoisotopic (exact) mass is 355 g/mol. The van der Waals surface area contributed by atoms with Gasteiger partial charge in [-0.15, -0.1) is 12.4 Å². The molecule has 0 saturated carbocycles. The van der Waals surface area contributed by atoms with Gasteiger partial charge < -0.3 is 5.32 Å². The number of hydrogen-bond acceptors (Lipinski definition) is 4. The van der Waals surface area contributed by atoms with E-state index in [1.54, 1.807) is 12.3 Å². The van der Waals surface area contributed by atoms with Crippen LogP contribution in [0.3, 0.4) is 0 Å². The molecular weight excluding hydrogens is 342 g/mol. The number of nitrogens with one attached hydrogen (secondary N) is 2. The lowest BCUT2D eigenvalue weighted by Gasteiger charge is -2.23. The van der Waals surface area contributed by atoms with Crippen LogP contribution >= 0.6 is 28.3 Å². The Hall–Kier alpha value is -0.210. The van der Waals surface area contributed by atoms with Crippen LogP contribution in [0.25, 0.3) is 0 Å². The Kier molecular flexibility index (Phi) is 6.00. The Morgan fingerprint density at radius 1 is 1.44 bits per heavy atom. The Bertz CT molecular complexity index is 492. The number of sulfonamides is 1. The van der Waals surface area contributed by atoms with Gasteiger partial charge >= 0.3 is 0 Å². The molecule has 1 aliphatic rings. The van der Waals surface area contributed by atoms with Crippen molar-refractivity contribution < 1.29 is 8.42 Å². The van der Waals surface area contributed by atoms with E-state index in [0.29, 0.717) is 11.0 Å². The van der Waals surface area contributed by atoms with Crippen LogP contribution in [-0.4, -0.2) is 32.5 Å². The molecule has 2 heterocycles. The van der Waals surface area contributed by atoms with Crippen LogP contribution in [0.15, 0.2) is 27.8 Å². The average molecular weight is 357 g/mol. The molecule has 2 N–H and O–H groups in total. The molecule has 102 valence electrons. The number of rotatable bonds is 3. The molecule has 0 aliphatic carbocycles. The molecule has 0 radical (unpaired) electrons. The molecular formula is C10H15BrClN3O2S. The van der Waals surface area contributed by atoms with E-state index in [-0.39, 0.29) is 23.3 Å². The zero-order valence-corrected chi connectivity index (χ0v) is 12.8. The topological polar surface area (TPSA) is 71.1 Å². The second kappa shape index (κ2) is 6.81. The van der Waals surface area contributed by atoms with E-state index >= 15 is 0 Å². The second-order valence-electron chi connectivity index (χ2n) is 4.00. The van der Waals surface area contributed by atoms with Gasteiger partial charge in [-0.05, 0) is 41.4 Å². The highest BCUT2D eigenvalue weighted by atomic mass is 79.9. The standard InChI is InChI=1S/C10H14BrN3O2S.ClH/c11-8-4-10(7-13-5-8)17(15,16)14-9-2-1-3-12-6-9;/h4-5,7,9,12,14H,1-3,6H2;1H. The zero-order chi connectivity index (χ0) is 12.3. The minimum absolute atomic E-state index is 0. The summed E-state index contributed by atoms with van der Waals surface area (Å²) in [6, 6.07) is 1.51. The smallest absolute Gasteiger partial charge is 0.242 e. The van der Waals surface area contributed by atoms with Crippen molar-refractivity contribution in [2.45, 2.75) is 23.8 Å². The summed E-state index contributed by atoms with van der Waals surface area (Å²) in [5.74, 6) is 0. The first-order chi connectivity index (χ1) is 8.08. The van der Waals surface area contributed by atoms with Crippen LogP contribution in [0.4, 0.5) is 0 Å². The van der Waals surface area contributed by atoms with Gasteiger partial charge in [0.15, 0.2) is 0 Å². The van der Waals surface area contributed by atoms with E-state index in [1.165, 1.54) is 6.20 Å². The average Bonchev–Trinajstić information content (AvgIpc) is 2.30. The van der Waals surface area contributed by atoms with Gasteiger partial charge in [0.2, 0.25) is 10.0 Å². The number of aromatic nitrogens is 1. The van der Waals surface area contributed by atoms with Gasteiger partial charge in [-0.25, -0.2) is 13.1 Å². The SMILES string of the molecule is Cl.O=S(=O)(NC1CCCNC1)c1cncc(Br)c1. The van der Waals surface area contributed by atoms with Crippen LogP contribution in [0.1, 0.15) is 12.8 Å². The third-order valence-corrected chi connectivity index (χ3v) is 4.53. The third kappa shape index (κ3) is 4.17. The maximum atomic E-state index is 12.1. The quantitative estimate of drug-likeness (QED) is 0.856. The van der Waals surface area contributed by atoms with Crippen molar-refractivity contribution in [3.05, 3.63) is 22.9 Å². The van der Waals surface area contributed by atoms with Crippen LogP contribution in [0.5, 0.6) is 0 Å². The highest BCUT2D eigenvalue weighted by Crippen LogP contribution is 2.15. The number of nitrogens with zero attached hydrogens (tertiary/aromatic N) is 1. The molecule has 8 heteroatoms. The van der Waals surface area contributed by atoms with Crippen molar-refractivity contribution in [2.75, 3.05) is 13.1 Å². The van der Waals surface area contributed by atoms with Crippen LogP contribution in [0.2, 0.25) is 0 Å². The summed E-state index contributed by atoms with van der Waals surface area (Å²) in [6.45, 7) is 1.64. The van der Waals surface area contributed by atoms with E-state index < -0.39 is 10.0 Å². The fourth-order valence-corrected chi connectivity index (χ4v) is 3.55. The first-order valence-electron chi connectivity index (χ1n) is 5.41. The lowest BCUT2D eigenvalue weighted by atomic mass is 10.1. The third-order valence-electron chi connectivity index (χ3n) is 2.61. The number of halogens is 2. The molecule has 1 atom stereocenters. The normalized spacial score (nSPS) is 20.2. The molecule has 0 bridgehead atoms. The molecule has 1 aromatic rings. The van der Waals surface area contributed by atoms with E-state index in [0.717, 1.165) is 19.4 Å². The molecule has 2 rings (SSSR count). The van der Waals surface area contributed by atoms with Crippen molar-refractivity contribution in [1.82, 2.24) is 15.0 Å². The Labute approximate surface area is 121 Å². The summed E-state index contributed by atoms with van der Waals surface area (Å²) in [5.41, 5.74) is 0. The number of hydrogen-bond donors (Lipinski definition) is 2. The van der Waals surface area contributed by atoms with E-state index in [4.69, 9.17) is 0 Å². The minimum Gasteiger partial charge on any atom is -0.315 e. The number of pyridine rings is 1. The highest BCUT2D eigenvalue weighted by Gasteiger charge is 2.21. The fraction of sp³-hybridized carbons (Fsp3) is 0.500. The van der Waals surface area contributed by atoms with Crippen molar-refractivity contribution >= 4 is 38.4 Å². The molecule has 0 spiro atoms. The predicted molar refractivity (Wildman–Crippen MR) is 75.4 cm³/mol. The van der Waals surface area contributed by atoms with Crippen LogP contribution in [0, 0.1) is 0 Å². The highest BCUT2D eigenvalue weighted by molar-refractivity contribution is 9.10. The van der Waals surface area contributed by atoms with Crippen molar-refractivity contribution in [3.63, 3.8) is 0 Å². The van der Waals surface area contributed by atoms with Gasteiger partial charge in [0, 0.05) is 29.5 Å². The predicted octanol–water partition coefficient (Wildman–Crippen LogP) is 1.30. The molecule has 18 heavy (non-hydrogen) atoms. The van der Waals surface area contributed by atoms with Gasteiger partial charge in [0.25, 0.3) is 0 Å². The summed E-state index contributed by atoms with van der Waals surface area (Å²) in [6.07, 6.45) is 4.77. The lowest BCUT2D eigenvalue weighted by Crippen LogP contribution is -2.45. The van der Waals surface area contributed by atoms with Crippen molar-refractivity contribution in [2.24, 2.45) is 0 Å². The summed E-state index contributed by atoms with van der Waals surface area (Å²) in [4.78, 5) is 4.05. The number of piperidine rings is 1. The fourth-order valence-electron chi connectivity index (χ4n) is 1.78. The molecule has 0 aromatic carbocycles. The lowest BCUT2D eigenvalue weighted by molar-refractivity contribution is 0.428. The first-order valence-corrected chi connectivity index (χ1v) is 7.69. The summed E-state index contributed by atoms with van der Waals surface area (Å²) < 4.78 is 27.4. The van der Waals surface area contributed by atoms with Gasteiger partial charge in [-0.3, -0.25) is 4.98 Å². The van der Waals surface area contributed by atoms with E-state index in [2.05, 4.69) is 31.0 Å². The minimum atomic E-state index is -3.46. The second-order valence-corrected chi connectivity index (χ2v) is 6.63. The Morgan fingerprint density at radius 2 is 2.22 bits per heavy atom. The first kappa shape index (κ1) is 15.8. The molecule has 5 nitrogen and oxygen atoms in total. The molecule has 1 aliphatic heterocycles. The van der Waals surface area contributed by atoms with Gasteiger partial charge in [-0.2, -0.15) is 0 Å². The van der Waals surface area contributed by atoms with Gasteiger partial charge in [0.1, 0.15) is 4.90 Å². The maximum absolute atomic E-state index is 12.1. The Morgan fingerprint density at radius 3 is 2.83 bits per heavy atom. The van der Waals surface area contributed by atoms with Crippen LogP contribution < -0.4 is 10.0 Å². The van der Waals surface area contributed by atoms with Gasteiger partial charge in [-0.1, -0.05) is 0 Å². The molecule has 1 aromatic heterocycles. The van der Waals surface area contributed by atoms with Crippen molar-refractivity contribution in [1.29, 1.82) is 0 Å². The largest absolute Gasteiger partial charge is 0.315 e.